The summed E-state index contributed by atoms with van der Waals surface area (Å²) in [6.45, 7) is 0.601. The number of nitrogens with two attached hydrogens (primary N) is 1. The molecule has 0 radical (unpaired) electrons. The molecule has 0 fully saturated rings. The van der Waals surface area contributed by atoms with E-state index in [1.54, 1.807) is 11.3 Å². The maximum Gasteiger partial charge on any atom is 0.230 e. The molecule has 1 aliphatic heterocycles. The minimum atomic E-state index is -0.0325. The van der Waals surface area contributed by atoms with Gasteiger partial charge in [0.05, 0.1) is 16.4 Å². The number of rotatable bonds is 8. The number of carbonyl (C=O) groups is 1. The van der Waals surface area contributed by atoms with Crippen LogP contribution in [0.4, 0.5) is 5.82 Å². The number of carbonyl (C=O) groups excluding carboxylic acids is 1. The van der Waals surface area contributed by atoms with Crippen LogP contribution >= 0.6 is 34.9 Å². The van der Waals surface area contributed by atoms with Crippen molar-refractivity contribution in [1.82, 2.24) is 15.3 Å². The summed E-state index contributed by atoms with van der Waals surface area (Å²) in [5, 5.41) is 5.01. The van der Waals surface area contributed by atoms with Crippen molar-refractivity contribution in [3.63, 3.8) is 0 Å². The van der Waals surface area contributed by atoms with Gasteiger partial charge in [-0.05, 0) is 35.1 Å². The number of thioether (sulfide) groups is 2. The molecule has 2 aromatic heterocycles. The number of nitrogens with one attached hydrogen (secondary N) is 1. The van der Waals surface area contributed by atoms with Gasteiger partial charge in [-0.15, -0.1) is 23.1 Å². The van der Waals surface area contributed by atoms with Gasteiger partial charge >= 0.3 is 0 Å². The van der Waals surface area contributed by atoms with Crippen LogP contribution in [0.25, 0.3) is 10.2 Å². The van der Waals surface area contributed by atoms with Crippen molar-refractivity contribution in [2.45, 2.75) is 28.5 Å². The van der Waals surface area contributed by atoms with E-state index >= 15 is 0 Å². The van der Waals surface area contributed by atoms with Crippen molar-refractivity contribution in [1.29, 1.82) is 0 Å². The third kappa shape index (κ3) is 5.83. The highest BCUT2D eigenvalue weighted by Gasteiger charge is 2.34. The second kappa shape index (κ2) is 11.8. The number of amides is 1. The Morgan fingerprint density at radius 3 is 2.31 bits per heavy atom. The van der Waals surface area contributed by atoms with E-state index in [0.29, 0.717) is 22.8 Å². The first-order valence-corrected chi connectivity index (χ1v) is 15.7. The van der Waals surface area contributed by atoms with Crippen LogP contribution in [0.1, 0.15) is 37.6 Å². The molecule has 5 aromatic rings. The quantitative estimate of drug-likeness (QED) is 0.158. The summed E-state index contributed by atoms with van der Waals surface area (Å²) in [5.74, 6) is 0.716. The van der Waals surface area contributed by atoms with Gasteiger partial charge in [0.25, 0.3) is 0 Å². The number of nitrogen functional groups attached to an aromatic ring is 1. The van der Waals surface area contributed by atoms with Gasteiger partial charge in [-0.25, -0.2) is 9.97 Å². The van der Waals surface area contributed by atoms with Crippen LogP contribution in [-0.4, -0.2) is 28.2 Å². The van der Waals surface area contributed by atoms with Crippen molar-refractivity contribution >= 4 is 56.8 Å². The molecule has 2 unspecified atom stereocenters. The average Bonchev–Trinajstić information content (AvgIpc) is 3.36. The zero-order valence-electron chi connectivity index (χ0n) is 21.2. The average molecular weight is 569 g/mol. The Balaban J connectivity index is 1.23. The summed E-state index contributed by atoms with van der Waals surface area (Å²) in [6, 6.07) is 31.5. The zero-order chi connectivity index (χ0) is 26.6. The van der Waals surface area contributed by atoms with Gasteiger partial charge in [0, 0.05) is 16.7 Å². The van der Waals surface area contributed by atoms with Crippen LogP contribution in [0.3, 0.4) is 0 Å². The van der Waals surface area contributed by atoms with Crippen molar-refractivity contribution in [2.24, 2.45) is 0 Å². The molecule has 0 bridgehead atoms. The summed E-state index contributed by atoms with van der Waals surface area (Å²) in [6.07, 6.45) is 1.69. The highest BCUT2D eigenvalue weighted by atomic mass is 32.2. The topological polar surface area (TPSA) is 80.9 Å². The van der Waals surface area contributed by atoms with E-state index < -0.39 is 0 Å². The van der Waals surface area contributed by atoms with Crippen LogP contribution in [0, 0.1) is 0 Å². The van der Waals surface area contributed by atoms with E-state index in [0.717, 1.165) is 23.1 Å². The second-order valence-electron chi connectivity index (χ2n) is 9.42. The molecule has 0 spiro atoms. The minimum absolute atomic E-state index is 0.0325. The van der Waals surface area contributed by atoms with E-state index in [1.807, 2.05) is 30.0 Å². The third-order valence-electron chi connectivity index (χ3n) is 6.80. The molecule has 8 heteroatoms. The summed E-state index contributed by atoms with van der Waals surface area (Å²) < 4.78 is 0. The van der Waals surface area contributed by atoms with Crippen LogP contribution in [0.2, 0.25) is 0 Å². The standard InChI is InChI=1S/C31H28N4OS3/c32-29-26-23-18-24(21-12-6-2-7-13-21)38-27(22-14-8-3-9-15-22)28(23)39-30(26)35-31(34-29)37-19-25(36)33-17-16-20-10-4-1-5-11-20/h1-15,24,27H,16-19H2,(H,33,36)(H2,32,34,35). The lowest BCUT2D eigenvalue weighted by atomic mass is 9.98. The van der Waals surface area contributed by atoms with Crippen molar-refractivity contribution < 1.29 is 4.79 Å². The van der Waals surface area contributed by atoms with Gasteiger partial charge in [0.2, 0.25) is 5.91 Å². The highest BCUT2D eigenvalue weighted by Crippen LogP contribution is 2.55. The maximum atomic E-state index is 12.5. The number of anilines is 1. The molecule has 0 aliphatic carbocycles. The molecule has 3 N–H and O–H groups in total. The maximum absolute atomic E-state index is 12.5. The predicted octanol–water partition coefficient (Wildman–Crippen LogP) is 6.84. The second-order valence-corrected chi connectivity index (χ2v) is 12.7. The van der Waals surface area contributed by atoms with Gasteiger partial charge in [-0.2, -0.15) is 0 Å². The third-order valence-corrected chi connectivity index (χ3v) is 10.5. The number of hydrogen-bond donors (Lipinski definition) is 2. The molecular formula is C31H28N4OS3. The normalized spacial score (nSPS) is 16.6. The fourth-order valence-corrected chi connectivity index (χ4v) is 8.67. The number of hydrogen-bond acceptors (Lipinski definition) is 7. The van der Waals surface area contributed by atoms with Gasteiger partial charge in [-0.3, -0.25) is 4.79 Å². The van der Waals surface area contributed by atoms with Gasteiger partial charge < -0.3 is 11.1 Å². The molecule has 3 heterocycles. The minimum Gasteiger partial charge on any atom is -0.383 e. The molecule has 39 heavy (non-hydrogen) atoms. The van der Waals surface area contributed by atoms with Crippen molar-refractivity contribution in [3.8, 4) is 0 Å². The lowest BCUT2D eigenvalue weighted by Gasteiger charge is -2.30. The number of benzene rings is 3. The van der Waals surface area contributed by atoms with Crippen molar-refractivity contribution in [3.05, 3.63) is 118 Å². The number of fused-ring (bicyclic) bond motifs is 3. The van der Waals surface area contributed by atoms with E-state index in [4.69, 9.17) is 10.7 Å². The van der Waals surface area contributed by atoms with Gasteiger partial charge in [-0.1, -0.05) is 103 Å². The van der Waals surface area contributed by atoms with E-state index in [1.165, 1.54) is 38.9 Å². The first-order chi connectivity index (χ1) is 19.2. The van der Waals surface area contributed by atoms with Gasteiger partial charge in [0.1, 0.15) is 10.6 Å². The summed E-state index contributed by atoms with van der Waals surface area (Å²) in [5.41, 5.74) is 11.6. The van der Waals surface area contributed by atoms with E-state index in [-0.39, 0.29) is 16.9 Å². The largest absolute Gasteiger partial charge is 0.383 e. The van der Waals surface area contributed by atoms with Crippen LogP contribution < -0.4 is 11.1 Å². The first-order valence-electron chi connectivity index (χ1n) is 12.9. The zero-order valence-corrected chi connectivity index (χ0v) is 23.7. The molecule has 196 valence electrons. The van der Waals surface area contributed by atoms with Crippen molar-refractivity contribution in [2.75, 3.05) is 18.0 Å². The number of nitrogens with zero attached hydrogens (tertiary/aromatic N) is 2. The Labute approximate surface area is 240 Å². The Kier molecular flexibility index (Phi) is 7.85. The van der Waals surface area contributed by atoms with Gasteiger partial charge in [0.15, 0.2) is 5.16 Å². The lowest BCUT2D eigenvalue weighted by molar-refractivity contribution is -0.118. The van der Waals surface area contributed by atoms with Crippen LogP contribution in [0.5, 0.6) is 0 Å². The van der Waals surface area contributed by atoms with Crippen LogP contribution in [0.15, 0.2) is 96.2 Å². The molecule has 6 rings (SSSR count). The predicted molar refractivity (Wildman–Crippen MR) is 164 cm³/mol. The molecule has 3 aromatic carbocycles. The summed E-state index contributed by atoms with van der Waals surface area (Å²) in [7, 11) is 0. The monoisotopic (exact) mass is 568 g/mol. The van der Waals surface area contributed by atoms with E-state index in [9.17, 15) is 4.79 Å². The fourth-order valence-electron chi connectivity index (χ4n) is 4.92. The SMILES string of the molecule is Nc1nc(SCC(=O)NCCc2ccccc2)nc2sc3c(c12)CC(c1ccccc1)SC3c1ccccc1. The lowest BCUT2D eigenvalue weighted by Crippen LogP contribution is -2.27. The molecule has 0 saturated heterocycles. The van der Waals surface area contributed by atoms with Crippen LogP contribution in [-0.2, 0) is 17.6 Å². The Morgan fingerprint density at radius 2 is 1.59 bits per heavy atom. The molecule has 5 nitrogen and oxygen atoms in total. The molecule has 2 atom stereocenters. The van der Waals surface area contributed by atoms with E-state index in [2.05, 4.69) is 83.1 Å². The Morgan fingerprint density at radius 1 is 0.923 bits per heavy atom. The summed E-state index contributed by atoms with van der Waals surface area (Å²) >= 11 is 5.03. The number of thiophene rings is 1. The highest BCUT2D eigenvalue weighted by molar-refractivity contribution is 8.00. The first kappa shape index (κ1) is 25.9. The number of aromatic nitrogens is 2. The fraction of sp³-hybridized carbons (Fsp3) is 0.194. The summed E-state index contributed by atoms with van der Waals surface area (Å²) in [4.78, 5) is 24.2. The Bertz CT molecular complexity index is 1580. The molecule has 0 saturated carbocycles. The Hall–Kier alpha value is -3.33. The molecule has 1 aliphatic rings. The molecule has 1 amide bonds. The molecular weight excluding hydrogens is 541 g/mol. The smallest absolute Gasteiger partial charge is 0.230 e.